The lowest BCUT2D eigenvalue weighted by atomic mass is 10.2. The number of H-pyrrole nitrogens is 1. The van der Waals surface area contributed by atoms with Gasteiger partial charge < -0.3 is 10.3 Å². The molecule has 5 nitrogen and oxygen atoms in total. The van der Waals surface area contributed by atoms with Crippen LogP contribution in [-0.4, -0.2) is 40.4 Å². The van der Waals surface area contributed by atoms with Crippen LogP contribution >= 0.6 is 0 Å². The van der Waals surface area contributed by atoms with Gasteiger partial charge >= 0.3 is 0 Å². The van der Waals surface area contributed by atoms with Crippen LogP contribution in [0.5, 0.6) is 0 Å². The molecule has 0 aliphatic heterocycles. The third-order valence-electron chi connectivity index (χ3n) is 4.54. The summed E-state index contributed by atoms with van der Waals surface area (Å²) in [7, 11) is 2.04. The molecule has 118 valence electrons. The Kier molecular flexibility index (Phi) is 4.43. The number of para-hydroxylation sites is 2. The van der Waals surface area contributed by atoms with Crippen LogP contribution in [0, 0.1) is 0 Å². The predicted octanol–water partition coefficient (Wildman–Crippen LogP) is 2.61. The second kappa shape index (κ2) is 6.48. The first-order chi connectivity index (χ1) is 10.6. The van der Waals surface area contributed by atoms with Gasteiger partial charge in [0.25, 0.3) is 0 Å². The Morgan fingerprint density at radius 3 is 2.86 bits per heavy atom. The summed E-state index contributed by atoms with van der Waals surface area (Å²) in [6.45, 7) is 2.42. The molecule has 3 rings (SSSR count). The van der Waals surface area contributed by atoms with E-state index in [0.29, 0.717) is 12.6 Å². The summed E-state index contributed by atoms with van der Waals surface area (Å²) >= 11 is 0. The topological polar surface area (TPSA) is 61.0 Å². The van der Waals surface area contributed by atoms with Crippen LogP contribution < -0.4 is 5.32 Å². The number of carbonyl (C=O) groups is 1. The van der Waals surface area contributed by atoms with E-state index in [1.54, 1.807) is 0 Å². The molecule has 5 heteroatoms. The van der Waals surface area contributed by atoms with Crippen LogP contribution in [-0.2, 0) is 4.79 Å². The summed E-state index contributed by atoms with van der Waals surface area (Å²) in [6.07, 6.45) is 4.99. The highest BCUT2D eigenvalue weighted by molar-refractivity contribution is 5.79. The lowest BCUT2D eigenvalue weighted by Gasteiger charge is -2.24. The highest BCUT2D eigenvalue weighted by Crippen LogP contribution is 2.22. The maximum atomic E-state index is 12.2. The standard InChI is InChI=1S/C17H24N4O/c1-12(17-19-14-9-5-6-10-15(14)20-17)18-16(22)11-21(2)13-7-3-4-8-13/h5-6,9-10,12-13H,3-4,7-8,11H2,1-2H3,(H,18,22)(H,19,20). The van der Waals surface area contributed by atoms with E-state index < -0.39 is 0 Å². The summed E-state index contributed by atoms with van der Waals surface area (Å²) in [5.41, 5.74) is 1.93. The minimum atomic E-state index is -0.114. The van der Waals surface area contributed by atoms with Gasteiger partial charge in [0, 0.05) is 6.04 Å². The van der Waals surface area contributed by atoms with Gasteiger partial charge in [-0.15, -0.1) is 0 Å². The first kappa shape index (κ1) is 15.0. The number of nitrogens with one attached hydrogen (secondary N) is 2. The van der Waals surface area contributed by atoms with E-state index >= 15 is 0 Å². The van der Waals surface area contributed by atoms with Crippen molar-refractivity contribution in [1.29, 1.82) is 0 Å². The number of benzene rings is 1. The number of amides is 1. The number of hydrogen-bond acceptors (Lipinski definition) is 3. The van der Waals surface area contributed by atoms with E-state index in [0.717, 1.165) is 16.9 Å². The Bertz CT molecular complexity index is 612. The average molecular weight is 300 g/mol. The number of rotatable bonds is 5. The maximum absolute atomic E-state index is 12.2. The molecule has 1 unspecified atom stereocenters. The molecule has 1 aliphatic carbocycles. The van der Waals surface area contributed by atoms with Gasteiger partial charge in [0.2, 0.25) is 5.91 Å². The molecule has 1 aromatic heterocycles. The Morgan fingerprint density at radius 2 is 2.14 bits per heavy atom. The Hall–Kier alpha value is -1.88. The van der Waals surface area contributed by atoms with Crippen molar-refractivity contribution >= 4 is 16.9 Å². The predicted molar refractivity (Wildman–Crippen MR) is 87.5 cm³/mol. The van der Waals surface area contributed by atoms with Crippen molar-refractivity contribution in [2.24, 2.45) is 0 Å². The van der Waals surface area contributed by atoms with E-state index in [9.17, 15) is 4.79 Å². The van der Waals surface area contributed by atoms with E-state index in [-0.39, 0.29) is 11.9 Å². The molecule has 1 aliphatic rings. The maximum Gasteiger partial charge on any atom is 0.234 e. The Morgan fingerprint density at radius 1 is 1.41 bits per heavy atom. The van der Waals surface area contributed by atoms with Crippen molar-refractivity contribution in [3.63, 3.8) is 0 Å². The van der Waals surface area contributed by atoms with Gasteiger partial charge in [-0.25, -0.2) is 4.98 Å². The summed E-state index contributed by atoms with van der Waals surface area (Å²) in [6, 6.07) is 8.35. The van der Waals surface area contributed by atoms with Crippen molar-refractivity contribution in [3.8, 4) is 0 Å². The van der Waals surface area contributed by atoms with Crippen LogP contribution in [0.1, 0.15) is 44.5 Å². The molecule has 1 saturated carbocycles. The number of hydrogen-bond donors (Lipinski definition) is 2. The van der Waals surface area contributed by atoms with Crippen molar-refractivity contribution in [1.82, 2.24) is 20.2 Å². The zero-order chi connectivity index (χ0) is 15.5. The smallest absolute Gasteiger partial charge is 0.234 e. The van der Waals surface area contributed by atoms with Gasteiger partial charge in [0.15, 0.2) is 0 Å². The first-order valence-corrected chi connectivity index (χ1v) is 8.08. The van der Waals surface area contributed by atoms with Crippen LogP contribution in [0.15, 0.2) is 24.3 Å². The fraction of sp³-hybridized carbons (Fsp3) is 0.529. The number of nitrogens with zero attached hydrogens (tertiary/aromatic N) is 2. The molecular weight excluding hydrogens is 276 g/mol. The summed E-state index contributed by atoms with van der Waals surface area (Å²) in [5.74, 6) is 0.862. The van der Waals surface area contributed by atoms with Crippen LogP contribution in [0.3, 0.4) is 0 Å². The van der Waals surface area contributed by atoms with E-state index in [1.807, 2.05) is 38.2 Å². The lowest BCUT2D eigenvalue weighted by Crippen LogP contribution is -2.40. The molecule has 0 bridgehead atoms. The molecule has 0 saturated heterocycles. The summed E-state index contributed by atoms with van der Waals surface area (Å²) in [5, 5.41) is 3.04. The van der Waals surface area contributed by atoms with Gasteiger partial charge in [0.05, 0.1) is 23.6 Å². The highest BCUT2D eigenvalue weighted by Gasteiger charge is 2.22. The molecule has 1 atom stereocenters. The monoisotopic (exact) mass is 300 g/mol. The van der Waals surface area contributed by atoms with E-state index in [2.05, 4.69) is 20.2 Å². The van der Waals surface area contributed by atoms with Crippen LogP contribution in [0.4, 0.5) is 0 Å². The minimum Gasteiger partial charge on any atom is -0.345 e. The van der Waals surface area contributed by atoms with Gasteiger partial charge in [-0.05, 0) is 38.9 Å². The van der Waals surface area contributed by atoms with Crippen LogP contribution in [0.25, 0.3) is 11.0 Å². The quantitative estimate of drug-likeness (QED) is 0.892. The van der Waals surface area contributed by atoms with Crippen molar-refractivity contribution in [2.75, 3.05) is 13.6 Å². The molecule has 0 spiro atoms. The van der Waals surface area contributed by atoms with Gasteiger partial charge in [-0.1, -0.05) is 25.0 Å². The molecular formula is C17H24N4O. The lowest BCUT2D eigenvalue weighted by molar-refractivity contribution is -0.123. The molecule has 2 aromatic rings. The van der Waals surface area contributed by atoms with E-state index in [1.165, 1.54) is 25.7 Å². The summed E-state index contributed by atoms with van der Waals surface area (Å²) in [4.78, 5) is 22.2. The second-order valence-electron chi connectivity index (χ2n) is 6.28. The Balaban J connectivity index is 1.58. The highest BCUT2D eigenvalue weighted by atomic mass is 16.2. The zero-order valence-electron chi connectivity index (χ0n) is 13.3. The van der Waals surface area contributed by atoms with Gasteiger partial charge in [-0.2, -0.15) is 0 Å². The number of imidazole rings is 1. The fourth-order valence-electron chi connectivity index (χ4n) is 3.23. The molecule has 22 heavy (non-hydrogen) atoms. The molecule has 0 radical (unpaired) electrons. The fourth-order valence-corrected chi connectivity index (χ4v) is 3.23. The number of carbonyl (C=O) groups excluding carboxylic acids is 1. The molecule has 1 fully saturated rings. The van der Waals surface area contributed by atoms with Crippen molar-refractivity contribution < 1.29 is 4.79 Å². The third kappa shape index (κ3) is 3.30. The number of likely N-dealkylation sites (N-methyl/N-ethyl adjacent to an activating group) is 1. The molecule has 2 N–H and O–H groups in total. The average Bonchev–Trinajstić information content (AvgIpc) is 3.16. The Labute approximate surface area is 131 Å². The van der Waals surface area contributed by atoms with Crippen LogP contribution in [0.2, 0.25) is 0 Å². The zero-order valence-corrected chi connectivity index (χ0v) is 13.3. The normalized spacial score (nSPS) is 17.2. The molecule has 1 aromatic carbocycles. The first-order valence-electron chi connectivity index (χ1n) is 8.08. The van der Waals surface area contributed by atoms with Crippen molar-refractivity contribution in [3.05, 3.63) is 30.1 Å². The summed E-state index contributed by atoms with van der Waals surface area (Å²) < 4.78 is 0. The largest absolute Gasteiger partial charge is 0.345 e. The SMILES string of the molecule is CC(NC(=O)CN(C)C1CCCC1)c1nc2ccccc2[nH]1. The third-order valence-corrected chi connectivity index (χ3v) is 4.54. The molecule has 1 amide bonds. The van der Waals surface area contributed by atoms with Crippen molar-refractivity contribution in [2.45, 2.75) is 44.7 Å². The van der Waals surface area contributed by atoms with Gasteiger partial charge in [0.1, 0.15) is 5.82 Å². The van der Waals surface area contributed by atoms with Gasteiger partial charge in [-0.3, -0.25) is 9.69 Å². The number of aromatic amines is 1. The minimum absolute atomic E-state index is 0.0577. The molecule has 1 heterocycles. The number of aromatic nitrogens is 2. The number of fused-ring (bicyclic) bond motifs is 1. The van der Waals surface area contributed by atoms with E-state index in [4.69, 9.17) is 0 Å². The second-order valence-corrected chi connectivity index (χ2v) is 6.28.